The molecule has 5 rings (SSSR count). The van der Waals surface area contributed by atoms with E-state index in [0.717, 1.165) is 12.3 Å². The van der Waals surface area contributed by atoms with Gasteiger partial charge in [0.25, 0.3) is 15.9 Å². The summed E-state index contributed by atoms with van der Waals surface area (Å²) in [6.45, 7) is 6.94. The highest BCUT2D eigenvalue weighted by Gasteiger charge is 2.50. The van der Waals surface area contributed by atoms with Gasteiger partial charge in [-0.2, -0.15) is 5.10 Å². The Morgan fingerprint density at radius 3 is 2.45 bits per heavy atom. The molecule has 0 radical (unpaired) electrons. The van der Waals surface area contributed by atoms with Gasteiger partial charge in [-0.05, 0) is 91.1 Å². The predicted molar refractivity (Wildman–Crippen MR) is 129 cm³/mol. The number of nitrogens with zero attached hydrogens (tertiary/aromatic N) is 1. The van der Waals surface area contributed by atoms with Crippen LogP contribution in [0.1, 0.15) is 44.0 Å². The molecule has 0 saturated heterocycles. The number of nitrogens with one attached hydrogen (secondary N) is 2. The first-order valence-electron chi connectivity index (χ1n) is 11.1. The summed E-state index contributed by atoms with van der Waals surface area (Å²) in [4.78, 5) is 12.5. The number of anilines is 1. The lowest BCUT2D eigenvalue weighted by atomic mass is 9.49. The highest BCUT2D eigenvalue weighted by atomic mass is 32.2. The van der Waals surface area contributed by atoms with Crippen LogP contribution in [0.4, 0.5) is 5.69 Å². The maximum Gasteiger partial charge on any atom is 0.271 e. The smallest absolute Gasteiger partial charge is 0.271 e. The fourth-order valence-electron chi connectivity index (χ4n) is 4.56. The fourth-order valence-corrected chi connectivity index (χ4v) is 5.62. The Kier molecular flexibility index (Phi) is 6.30. The van der Waals surface area contributed by atoms with E-state index in [9.17, 15) is 13.2 Å². The second-order valence-corrected chi connectivity index (χ2v) is 10.7. The number of hydrazone groups is 1. The van der Waals surface area contributed by atoms with Gasteiger partial charge >= 0.3 is 0 Å². The van der Waals surface area contributed by atoms with Gasteiger partial charge in [-0.3, -0.25) is 9.52 Å². The summed E-state index contributed by atoms with van der Waals surface area (Å²) in [6, 6.07) is 12.4. The lowest BCUT2D eigenvalue weighted by Crippen LogP contribution is -2.48. The predicted octanol–water partition coefficient (Wildman–Crippen LogP) is 4.59. The van der Waals surface area contributed by atoms with E-state index in [1.165, 1.54) is 24.1 Å². The molecule has 3 aliphatic rings. The standard InChI is InChI=1S/C25H29N3O4S/c1-4-32-21-11-13-22(14-12-21)33(30,31)28-20-9-6-17(7-10-20)24(29)27-26-16-18-5-8-19-15-23(18)25(19,2)3/h5-7,9-14,16,19,23,28H,4,8,15H2,1-3H3,(H,27,29). The molecule has 2 bridgehead atoms. The first kappa shape index (κ1) is 23.0. The quantitative estimate of drug-likeness (QED) is 0.438. The Morgan fingerprint density at radius 2 is 1.85 bits per heavy atom. The Balaban J connectivity index is 1.35. The van der Waals surface area contributed by atoms with Crippen LogP contribution in [0.3, 0.4) is 0 Å². The van der Waals surface area contributed by atoms with Gasteiger partial charge in [-0.1, -0.05) is 19.9 Å². The maximum absolute atomic E-state index is 12.6. The molecule has 7 nitrogen and oxygen atoms in total. The van der Waals surface area contributed by atoms with Crippen molar-refractivity contribution in [1.29, 1.82) is 0 Å². The van der Waals surface area contributed by atoms with E-state index < -0.39 is 10.0 Å². The van der Waals surface area contributed by atoms with Crippen molar-refractivity contribution in [3.8, 4) is 5.75 Å². The van der Waals surface area contributed by atoms with E-state index in [0.29, 0.717) is 34.9 Å². The molecule has 3 aliphatic carbocycles. The SMILES string of the molecule is CCOc1ccc(S(=O)(=O)Nc2ccc(C(=O)NN=CC3=CCC4CC3C4(C)C)cc2)cc1. The number of rotatable bonds is 8. The zero-order valence-corrected chi connectivity index (χ0v) is 19.9. The fraction of sp³-hybridized carbons (Fsp3) is 0.360. The van der Waals surface area contributed by atoms with Gasteiger partial charge in [0.05, 0.1) is 17.7 Å². The van der Waals surface area contributed by atoms with E-state index in [1.54, 1.807) is 42.6 Å². The third-order valence-electron chi connectivity index (χ3n) is 6.74. The minimum Gasteiger partial charge on any atom is -0.494 e. The zero-order chi connectivity index (χ0) is 23.6. The molecule has 174 valence electrons. The molecule has 0 spiro atoms. The molecule has 2 unspecified atom stereocenters. The Bertz CT molecular complexity index is 1180. The molecule has 0 aromatic heterocycles. The number of sulfonamides is 1. The number of benzene rings is 2. The average Bonchev–Trinajstić information content (AvgIpc) is 2.80. The van der Waals surface area contributed by atoms with E-state index in [-0.39, 0.29) is 10.8 Å². The second-order valence-electron chi connectivity index (χ2n) is 9.03. The van der Waals surface area contributed by atoms with Crippen molar-refractivity contribution in [1.82, 2.24) is 5.43 Å². The van der Waals surface area contributed by atoms with Crippen LogP contribution in [0, 0.1) is 17.3 Å². The largest absolute Gasteiger partial charge is 0.494 e. The molecule has 2 aromatic carbocycles. The van der Waals surface area contributed by atoms with Crippen molar-refractivity contribution in [2.24, 2.45) is 22.4 Å². The van der Waals surface area contributed by atoms with Crippen molar-refractivity contribution < 1.29 is 17.9 Å². The number of carbonyl (C=O) groups excluding carboxylic acids is 1. The number of fused-ring (bicyclic) bond motifs is 1. The highest BCUT2D eigenvalue weighted by molar-refractivity contribution is 7.92. The summed E-state index contributed by atoms with van der Waals surface area (Å²) in [7, 11) is -3.75. The Morgan fingerprint density at radius 1 is 1.15 bits per heavy atom. The molecule has 8 heteroatoms. The summed E-state index contributed by atoms with van der Waals surface area (Å²) >= 11 is 0. The Labute approximate surface area is 195 Å². The molecule has 1 fully saturated rings. The van der Waals surface area contributed by atoms with Crippen LogP contribution in [0.2, 0.25) is 0 Å². The van der Waals surface area contributed by atoms with Crippen LogP contribution < -0.4 is 14.9 Å². The lowest BCUT2D eigenvalue weighted by Gasteiger charge is -2.55. The molecule has 1 saturated carbocycles. The van der Waals surface area contributed by atoms with Gasteiger partial charge in [-0.25, -0.2) is 13.8 Å². The average molecular weight is 468 g/mol. The molecule has 2 atom stereocenters. The van der Waals surface area contributed by atoms with Crippen LogP contribution in [0.15, 0.2) is 70.2 Å². The minimum atomic E-state index is -3.75. The first-order chi connectivity index (χ1) is 15.7. The molecular weight excluding hydrogens is 438 g/mol. The number of amides is 1. The summed E-state index contributed by atoms with van der Waals surface area (Å²) < 4.78 is 33.1. The monoisotopic (exact) mass is 467 g/mol. The molecule has 2 aromatic rings. The molecular formula is C25H29N3O4S. The summed E-state index contributed by atoms with van der Waals surface area (Å²) in [6.07, 6.45) is 6.21. The van der Waals surface area contributed by atoms with Crippen LogP contribution in [-0.4, -0.2) is 27.1 Å². The van der Waals surface area contributed by atoms with Crippen LogP contribution >= 0.6 is 0 Å². The van der Waals surface area contributed by atoms with E-state index in [1.807, 2.05) is 6.92 Å². The maximum atomic E-state index is 12.6. The van der Waals surface area contributed by atoms with Crippen LogP contribution in [-0.2, 0) is 10.0 Å². The van der Waals surface area contributed by atoms with Gasteiger partial charge in [0.2, 0.25) is 0 Å². The van der Waals surface area contributed by atoms with Crippen LogP contribution in [0.25, 0.3) is 0 Å². The van der Waals surface area contributed by atoms with Crippen LogP contribution in [0.5, 0.6) is 5.75 Å². The normalized spacial score (nSPS) is 21.1. The van der Waals surface area contributed by atoms with Crippen molar-refractivity contribution in [2.75, 3.05) is 11.3 Å². The minimum absolute atomic E-state index is 0.125. The van der Waals surface area contributed by atoms with E-state index >= 15 is 0 Å². The Hall–Kier alpha value is -3.13. The van der Waals surface area contributed by atoms with Gasteiger partial charge in [-0.15, -0.1) is 0 Å². The van der Waals surface area contributed by atoms with E-state index in [4.69, 9.17) is 4.74 Å². The number of hydrogen-bond donors (Lipinski definition) is 2. The van der Waals surface area contributed by atoms with Gasteiger partial charge in [0.1, 0.15) is 5.75 Å². The third kappa shape index (κ3) is 4.80. The molecule has 1 amide bonds. The lowest BCUT2D eigenvalue weighted by molar-refractivity contribution is -0.00126. The molecule has 0 aliphatic heterocycles. The zero-order valence-electron chi connectivity index (χ0n) is 19.0. The molecule has 0 heterocycles. The van der Waals surface area contributed by atoms with E-state index in [2.05, 4.69) is 35.2 Å². The summed E-state index contributed by atoms with van der Waals surface area (Å²) in [5, 5.41) is 4.14. The van der Waals surface area contributed by atoms with Crippen molar-refractivity contribution in [2.45, 2.75) is 38.5 Å². The number of carbonyl (C=O) groups is 1. The number of allylic oxidation sites excluding steroid dienone is 2. The second kappa shape index (κ2) is 9.02. The number of ether oxygens (including phenoxy) is 1. The summed E-state index contributed by atoms with van der Waals surface area (Å²) in [5.74, 6) is 1.50. The van der Waals surface area contributed by atoms with Gasteiger partial charge < -0.3 is 4.74 Å². The first-order valence-corrected chi connectivity index (χ1v) is 12.6. The van der Waals surface area contributed by atoms with Gasteiger partial charge in [0, 0.05) is 11.3 Å². The highest BCUT2D eigenvalue weighted by Crippen LogP contribution is 2.58. The van der Waals surface area contributed by atoms with Crippen molar-refractivity contribution >= 4 is 27.8 Å². The van der Waals surface area contributed by atoms with Crippen molar-refractivity contribution in [3.05, 3.63) is 65.7 Å². The summed E-state index contributed by atoms with van der Waals surface area (Å²) in [5.41, 5.74) is 4.79. The third-order valence-corrected chi connectivity index (χ3v) is 8.13. The van der Waals surface area contributed by atoms with Crippen molar-refractivity contribution in [3.63, 3.8) is 0 Å². The topological polar surface area (TPSA) is 96.9 Å². The molecule has 33 heavy (non-hydrogen) atoms. The number of hydrogen-bond acceptors (Lipinski definition) is 5. The molecule has 2 N–H and O–H groups in total. The van der Waals surface area contributed by atoms with Gasteiger partial charge in [0.15, 0.2) is 0 Å².